The van der Waals surface area contributed by atoms with Crippen molar-refractivity contribution in [3.8, 4) is 0 Å². The summed E-state index contributed by atoms with van der Waals surface area (Å²) in [4.78, 5) is 4.35. The van der Waals surface area contributed by atoms with Gasteiger partial charge in [-0.3, -0.25) is 0 Å². The minimum Gasteiger partial charge on any atom is -0.444 e. The summed E-state index contributed by atoms with van der Waals surface area (Å²) in [7, 11) is 0. The lowest BCUT2D eigenvalue weighted by molar-refractivity contribution is 0.377. The molecule has 0 bridgehead atoms. The number of aromatic nitrogens is 1. The fourth-order valence-corrected chi connectivity index (χ4v) is 2.67. The first-order valence-corrected chi connectivity index (χ1v) is 7.41. The second kappa shape index (κ2) is 6.93. The Morgan fingerprint density at radius 2 is 2.00 bits per heavy atom. The van der Waals surface area contributed by atoms with E-state index in [0.29, 0.717) is 6.04 Å². The van der Waals surface area contributed by atoms with Crippen LogP contribution in [0.15, 0.2) is 10.6 Å². The van der Waals surface area contributed by atoms with E-state index < -0.39 is 0 Å². The maximum atomic E-state index is 5.80. The Morgan fingerprint density at radius 1 is 1.28 bits per heavy atom. The Balaban J connectivity index is 1.81. The molecule has 18 heavy (non-hydrogen) atoms. The van der Waals surface area contributed by atoms with Crippen LogP contribution in [0.1, 0.15) is 64.0 Å². The highest BCUT2D eigenvalue weighted by Gasteiger charge is 2.15. The van der Waals surface area contributed by atoms with Crippen molar-refractivity contribution in [2.45, 2.75) is 71.4 Å². The van der Waals surface area contributed by atoms with E-state index in [0.717, 1.165) is 30.5 Å². The van der Waals surface area contributed by atoms with Gasteiger partial charge >= 0.3 is 0 Å². The van der Waals surface area contributed by atoms with E-state index in [-0.39, 0.29) is 0 Å². The van der Waals surface area contributed by atoms with E-state index in [9.17, 15) is 0 Å². The lowest BCUT2D eigenvalue weighted by Gasteiger charge is -2.11. The van der Waals surface area contributed by atoms with Crippen LogP contribution in [0.2, 0.25) is 0 Å². The molecule has 0 unspecified atom stereocenters. The predicted molar refractivity (Wildman–Crippen MR) is 73.4 cm³/mol. The zero-order chi connectivity index (χ0) is 12.8. The minimum atomic E-state index is 0.474. The third kappa shape index (κ3) is 4.45. The Bertz CT molecular complexity index is 338. The molecule has 1 aromatic heterocycles. The molecular weight excluding hydrogens is 224 g/mol. The molecule has 1 aliphatic carbocycles. The van der Waals surface area contributed by atoms with Crippen molar-refractivity contribution in [1.29, 1.82) is 0 Å². The van der Waals surface area contributed by atoms with Gasteiger partial charge in [0.1, 0.15) is 5.76 Å². The quantitative estimate of drug-likeness (QED) is 0.810. The highest BCUT2D eigenvalue weighted by Crippen LogP contribution is 2.26. The molecule has 1 heterocycles. The molecule has 0 amide bonds. The van der Waals surface area contributed by atoms with E-state index in [1.165, 1.54) is 38.5 Å². The molecule has 3 nitrogen and oxygen atoms in total. The third-order valence-electron chi connectivity index (χ3n) is 3.73. The first-order valence-electron chi connectivity index (χ1n) is 7.41. The third-order valence-corrected chi connectivity index (χ3v) is 3.73. The van der Waals surface area contributed by atoms with Crippen molar-refractivity contribution in [1.82, 2.24) is 10.3 Å². The van der Waals surface area contributed by atoms with Crippen LogP contribution < -0.4 is 5.32 Å². The van der Waals surface area contributed by atoms with Crippen LogP contribution in [0.5, 0.6) is 0 Å². The largest absolute Gasteiger partial charge is 0.444 e. The summed E-state index contributed by atoms with van der Waals surface area (Å²) in [5.41, 5.74) is 0. The first-order chi connectivity index (χ1) is 8.74. The van der Waals surface area contributed by atoms with Gasteiger partial charge in [0.25, 0.3) is 0 Å². The van der Waals surface area contributed by atoms with Gasteiger partial charge in [-0.25, -0.2) is 4.98 Å². The molecule has 0 saturated heterocycles. The molecule has 1 aromatic rings. The van der Waals surface area contributed by atoms with Gasteiger partial charge in [0.05, 0.1) is 12.7 Å². The summed E-state index contributed by atoms with van der Waals surface area (Å²) in [6.45, 7) is 5.01. The molecule has 0 atom stereocenters. The topological polar surface area (TPSA) is 38.1 Å². The highest BCUT2D eigenvalue weighted by atomic mass is 16.4. The Labute approximate surface area is 110 Å². The maximum absolute atomic E-state index is 5.80. The van der Waals surface area contributed by atoms with Gasteiger partial charge in [-0.15, -0.1) is 0 Å². The summed E-state index contributed by atoms with van der Waals surface area (Å²) in [6, 6.07) is 0.474. The van der Waals surface area contributed by atoms with Crippen LogP contribution >= 0.6 is 0 Å². The van der Waals surface area contributed by atoms with Crippen molar-refractivity contribution >= 4 is 0 Å². The van der Waals surface area contributed by atoms with Gasteiger partial charge in [0.2, 0.25) is 5.89 Å². The Kier molecular flexibility index (Phi) is 5.24. The zero-order valence-corrected chi connectivity index (χ0v) is 11.7. The molecule has 1 fully saturated rings. The molecule has 2 rings (SSSR count). The van der Waals surface area contributed by atoms with E-state index >= 15 is 0 Å². The number of hydrogen-bond donors (Lipinski definition) is 1. The van der Waals surface area contributed by atoms with Gasteiger partial charge in [0.15, 0.2) is 0 Å². The number of nitrogens with one attached hydrogen (secondary N) is 1. The van der Waals surface area contributed by atoms with Gasteiger partial charge in [-0.05, 0) is 5.92 Å². The van der Waals surface area contributed by atoms with Crippen LogP contribution in [-0.2, 0) is 13.0 Å². The van der Waals surface area contributed by atoms with E-state index in [2.05, 4.69) is 24.1 Å². The summed E-state index contributed by atoms with van der Waals surface area (Å²) in [5.74, 6) is 2.71. The van der Waals surface area contributed by atoms with Gasteiger partial charge < -0.3 is 9.73 Å². The lowest BCUT2D eigenvalue weighted by Crippen LogP contribution is -2.21. The Hall–Kier alpha value is -0.830. The molecule has 0 aromatic carbocycles. The van der Waals surface area contributed by atoms with E-state index in [1.807, 2.05) is 6.20 Å². The smallest absolute Gasteiger partial charge is 0.208 e. The fourth-order valence-electron chi connectivity index (χ4n) is 2.67. The van der Waals surface area contributed by atoms with Crippen LogP contribution in [-0.4, -0.2) is 11.0 Å². The van der Waals surface area contributed by atoms with Gasteiger partial charge in [0, 0.05) is 12.5 Å². The summed E-state index contributed by atoms with van der Waals surface area (Å²) >= 11 is 0. The van der Waals surface area contributed by atoms with Crippen molar-refractivity contribution < 1.29 is 4.42 Å². The number of hydrogen-bond acceptors (Lipinski definition) is 3. The molecule has 0 radical (unpaired) electrons. The Morgan fingerprint density at radius 3 is 2.67 bits per heavy atom. The zero-order valence-electron chi connectivity index (χ0n) is 11.7. The second-order valence-corrected chi connectivity index (χ2v) is 5.82. The van der Waals surface area contributed by atoms with Crippen LogP contribution in [0, 0.1) is 5.92 Å². The summed E-state index contributed by atoms with van der Waals surface area (Å²) < 4.78 is 5.80. The molecule has 3 heteroatoms. The summed E-state index contributed by atoms with van der Waals surface area (Å²) in [5, 5.41) is 3.33. The minimum absolute atomic E-state index is 0.474. The summed E-state index contributed by atoms with van der Waals surface area (Å²) in [6.07, 6.45) is 11.3. The van der Waals surface area contributed by atoms with Crippen molar-refractivity contribution in [2.24, 2.45) is 5.92 Å². The molecule has 0 aliphatic heterocycles. The number of oxazole rings is 1. The van der Waals surface area contributed by atoms with Crippen LogP contribution in [0.25, 0.3) is 0 Å². The number of rotatable bonds is 5. The fraction of sp³-hybridized carbons (Fsp3) is 0.800. The normalized spacial score (nSPS) is 18.2. The molecular formula is C15H26N2O. The lowest BCUT2D eigenvalue weighted by atomic mass is 9.96. The molecule has 1 aliphatic rings. The van der Waals surface area contributed by atoms with Gasteiger partial charge in [-0.2, -0.15) is 0 Å². The molecule has 102 valence electrons. The number of nitrogens with zero attached hydrogens (tertiary/aromatic N) is 1. The maximum Gasteiger partial charge on any atom is 0.208 e. The second-order valence-electron chi connectivity index (χ2n) is 5.82. The molecule has 0 spiro atoms. The SMILES string of the molecule is CC(C)NCc1ncc(CC2CCCCCC2)o1. The highest BCUT2D eigenvalue weighted by molar-refractivity contribution is 4.96. The van der Waals surface area contributed by atoms with Gasteiger partial charge in [-0.1, -0.05) is 52.4 Å². The standard InChI is InChI=1S/C15H26N2O/c1-12(2)16-11-15-17-10-14(18-15)9-13-7-5-3-4-6-8-13/h10,12-13,16H,3-9,11H2,1-2H3. The van der Waals surface area contributed by atoms with E-state index in [4.69, 9.17) is 4.42 Å². The van der Waals surface area contributed by atoms with E-state index in [1.54, 1.807) is 0 Å². The molecule has 1 N–H and O–H groups in total. The van der Waals surface area contributed by atoms with Crippen molar-refractivity contribution in [2.75, 3.05) is 0 Å². The predicted octanol–water partition coefficient (Wildman–Crippen LogP) is 3.69. The van der Waals surface area contributed by atoms with Crippen LogP contribution in [0.4, 0.5) is 0 Å². The molecule has 1 saturated carbocycles. The van der Waals surface area contributed by atoms with Crippen LogP contribution in [0.3, 0.4) is 0 Å². The monoisotopic (exact) mass is 250 g/mol. The first kappa shape index (κ1) is 13.6. The van der Waals surface area contributed by atoms with Crippen molar-refractivity contribution in [3.05, 3.63) is 17.8 Å². The average Bonchev–Trinajstić information content (AvgIpc) is 2.62. The van der Waals surface area contributed by atoms with Crippen molar-refractivity contribution in [3.63, 3.8) is 0 Å². The average molecular weight is 250 g/mol.